The molecule has 0 radical (unpaired) electrons. The second-order valence-corrected chi connectivity index (χ2v) is 9.24. The van der Waals surface area contributed by atoms with Crippen LogP contribution in [0.4, 0.5) is 0 Å². The number of benzene rings is 2. The third-order valence-corrected chi connectivity index (χ3v) is 7.45. The van der Waals surface area contributed by atoms with E-state index in [1.165, 1.54) is 33.4 Å². The van der Waals surface area contributed by atoms with Gasteiger partial charge in [0, 0.05) is 17.6 Å². The fraction of sp³-hybridized carbons (Fsp3) is 0.214. The molecular formula is C28H27N5S. The predicted octanol–water partition coefficient (Wildman–Crippen LogP) is 6.56. The fourth-order valence-electron chi connectivity index (χ4n) is 4.03. The van der Waals surface area contributed by atoms with Crippen molar-refractivity contribution in [3.8, 4) is 11.8 Å². The zero-order chi connectivity index (χ0) is 24.2. The first-order valence-corrected chi connectivity index (χ1v) is 12.1. The first kappa shape index (κ1) is 23.5. The molecule has 2 aromatic carbocycles. The van der Waals surface area contributed by atoms with Gasteiger partial charge in [-0.2, -0.15) is 5.26 Å². The van der Waals surface area contributed by atoms with Crippen molar-refractivity contribution in [2.45, 2.75) is 45.5 Å². The van der Waals surface area contributed by atoms with E-state index >= 15 is 0 Å². The van der Waals surface area contributed by atoms with Gasteiger partial charge in [0.15, 0.2) is 11.0 Å². The van der Waals surface area contributed by atoms with Crippen LogP contribution >= 0.6 is 11.8 Å². The minimum absolute atomic E-state index is 0.413. The smallest absolute Gasteiger partial charge is 0.196 e. The number of hydrogen-bond donors (Lipinski definition) is 0. The highest BCUT2D eigenvalue weighted by atomic mass is 32.2. The minimum atomic E-state index is 0.413. The lowest BCUT2D eigenvalue weighted by atomic mass is 9.90. The summed E-state index contributed by atoms with van der Waals surface area (Å²) < 4.78 is 1.96. The van der Waals surface area contributed by atoms with Gasteiger partial charge in [0.25, 0.3) is 0 Å². The maximum absolute atomic E-state index is 9.96. The summed E-state index contributed by atoms with van der Waals surface area (Å²) in [7, 11) is 0. The van der Waals surface area contributed by atoms with Crippen LogP contribution in [-0.4, -0.2) is 19.7 Å². The molecule has 0 N–H and O–H groups in total. The van der Waals surface area contributed by atoms with Crippen LogP contribution in [0.3, 0.4) is 0 Å². The van der Waals surface area contributed by atoms with Crippen molar-refractivity contribution in [1.29, 1.82) is 5.26 Å². The Kier molecular flexibility index (Phi) is 6.95. The summed E-state index contributed by atoms with van der Waals surface area (Å²) in [6.45, 7) is 11.0. The number of nitriles is 1. The van der Waals surface area contributed by atoms with Crippen molar-refractivity contribution in [3.63, 3.8) is 0 Å². The molecule has 6 heteroatoms. The third kappa shape index (κ3) is 4.52. The van der Waals surface area contributed by atoms with E-state index in [4.69, 9.17) is 0 Å². The summed E-state index contributed by atoms with van der Waals surface area (Å²) in [5.74, 6) is 1.28. The molecule has 34 heavy (non-hydrogen) atoms. The number of para-hydroxylation sites is 1. The molecule has 0 amide bonds. The van der Waals surface area contributed by atoms with Crippen LogP contribution in [0.2, 0.25) is 0 Å². The van der Waals surface area contributed by atoms with Crippen molar-refractivity contribution < 1.29 is 0 Å². The van der Waals surface area contributed by atoms with Gasteiger partial charge in [-0.05, 0) is 98.3 Å². The maximum Gasteiger partial charge on any atom is 0.196 e. The van der Waals surface area contributed by atoms with E-state index in [1.54, 1.807) is 24.0 Å². The lowest BCUT2D eigenvalue weighted by Gasteiger charge is -2.18. The van der Waals surface area contributed by atoms with Gasteiger partial charge >= 0.3 is 0 Å². The highest BCUT2D eigenvalue weighted by Gasteiger charge is 2.20. The van der Waals surface area contributed by atoms with Gasteiger partial charge in [-0.3, -0.25) is 9.55 Å². The molecule has 2 heterocycles. The normalized spacial score (nSPS) is 11.5. The molecule has 0 aliphatic heterocycles. The Morgan fingerprint density at radius 1 is 0.882 bits per heavy atom. The zero-order valence-corrected chi connectivity index (χ0v) is 20.9. The molecule has 5 nitrogen and oxygen atoms in total. The van der Waals surface area contributed by atoms with Crippen molar-refractivity contribution in [2.75, 3.05) is 0 Å². The van der Waals surface area contributed by atoms with E-state index < -0.39 is 0 Å². The Morgan fingerprint density at radius 3 is 2.15 bits per heavy atom. The summed E-state index contributed by atoms with van der Waals surface area (Å²) in [6.07, 6.45) is 3.46. The van der Waals surface area contributed by atoms with Crippen LogP contribution < -0.4 is 0 Å². The molecule has 0 unspecified atom stereocenters. The number of pyridine rings is 1. The zero-order valence-electron chi connectivity index (χ0n) is 20.1. The van der Waals surface area contributed by atoms with E-state index in [0.717, 1.165) is 16.6 Å². The summed E-state index contributed by atoms with van der Waals surface area (Å²) in [5.41, 5.74) is 10.1. The van der Waals surface area contributed by atoms with Crippen molar-refractivity contribution in [3.05, 3.63) is 99.6 Å². The molecule has 4 rings (SSSR count). The van der Waals surface area contributed by atoms with E-state index in [-0.39, 0.29) is 0 Å². The van der Waals surface area contributed by atoms with Gasteiger partial charge in [0.1, 0.15) is 6.07 Å². The molecule has 2 aromatic heterocycles. The second kappa shape index (κ2) is 10.1. The molecule has 0 aliphatic rings. The van der Waals surface area contributed by atoms with Crippen LogP contribution in [0.25, 0.3) is 17.3 Å². The SMILES string of the molecule is Cc1c(C)c(C)c(CSc2nnc(/C(C#N)=C/c3ccccn3)n2-c2ccccc2)c(C)c1C. The molecular weight excluding hydrogens is 438 g/mol. The van der Waals surface area contributed by atoms with E-state index in [9.17, 15) is 5.26 Å². The minimum Gasteiger partial charge on any atom is -0.269 e. The molecule has 0 atom stereocenters. The highest BCUT2D eigenvalue weighted by Crippen LogP contribution is 2.33. The average Bonchev–Trinajstić information content (AvgIpc) is 3.29. The quantitative estimate of drug-likeness (QED) is 0.238. The molecule has 170 valence electrons. The summed E-state index contributed by atoms with van der Waals surface area (Å²) >= 11 is 1.64. The number of thioether (sulfide) groups is 1. The third-order valence-electron chi connectivity index (χ3n) is 6.49. The molecule has 0 spiro atoms. The van der Waals surface area contributed by atoms with Gasteiger partial charge in [0.05, 0.1) is 11.3 Å². The van der Waals surface area contributed by atoms with Crippen LogP contribution in [0.15, 0.2) is 59.9 Å². The Balaban J connectivity index is 1.78. The number of hydrogen-bond acceptors (Lipinski definition) is 5. The first-order valence-electron chi connectivity index (χ1n) is 11.1. The number of aromatic nitrogens is 4. The monoisotopic (exact) mass is 465 g/mol. The molecule has 0 fully saturated rings. The Bertz CT molecular complexity index is 1370. The predicted molar refractivity (Wildman–Crippen MR) is 139 cm³/mol. The Labute approximate surface area is 205 Å². The lowest BCUT2D eigenvalue weighted by Crippen LogP contribution is -2.04. The maximum atomic E-state index is 9.96. The summed E-state index contributed by atoms with van der Waals surface area (Å²) in [6, 6.07) is 17.8. The molecule has 0 bridgehead atoms. The first-order chi connectivity index (χ1) is 16.4. The van der Waals surface area contributed by atoms with E-state index in [2.05, 4.69) is 55.9 Å². The molecule has 0 aliphatic carbocycles. The van der Waals surface area contributed by atoms with Crippen LogP contribution in [0.1, 0.15) is 44.9 Å². The number of allylic oxidation sites excluding steroid dienone is 1. The van der Waals surface area contributed by atoms with Gasteiger partial charge in [-0.1, -0.05) is 36.0 Å². The fourth-order valence-corrected chi connectivity index (χ4v) is 5.16. The second-order valence-electron chi connectivity index (χ2n) is 8.29. The topological polar surface area (TPSA) is 67.4 Å². The van der Waals surface area contributed by atoms with Gasteiger partial charge in [-0.25, -0.2) is 0 Å². The van der Waals surface area contributed by atoms with Crippen molar-refractivity contribution in [1.82, 2.24) is 19.7 Å². The van der Waals surface area contributed by atoms with Gasteiger partial charge in [0.2, 0.25) is 0 Å². The molecule has 4 aromatic rings. The van der Waals surface area contributed by atoms with Crippen LogP contribution in [0, 0.1) is 45.9 Å². The molecule has 0 saturated heterocycles. The highest BCUT2D eigenvalue weighted by molar-refractivity contribution is 7.98. The van der Waals surface area contributed by atoms with Crippen LogP contribution in [-0.2, 0) is 5.75 Å². The largest absolute Gasteiger partial charge is 0.269 e. The standard InChI is InChI=1S/C28H27N5S/c1-18-19(2)21(4)26(22(5)20(18)3)17-34-28-32-31-27(33(28)25-12-7-6-8-13-25)23(16-29)15-24-11-9-10-14-30-24/h6-15H,17H2,1-5H3/b23-15+. The van der Waals surface area contributed by atoms with Gasteiger partial charge in [-0.15, -0.1) is 10.2 Å². The van der Waals surface area contributed by atoms with Crippen LogP contribution in [0.5, 0.6) is 0 Å². The number of rotatable bonds is 6. The van der Waals surface area contributed by atoms with Crippen molar-refractivity contribution in [2.24, 2.45) is 0 Å². The van der Waals surface area contributed by atoms with E-state index in [1.807, 2.05) is 53.1 Å². The Hall–Kier alpha value is -3.69. The van der Waals surface area contributed by atoms with Gasteiger partial charge < -0.3 is 0 Å². The van der Waals surface area contributed by atoms with E-state index in [0.29, 0.717) is 17.1 Å². The molecule has 0 saturated carbocycles. The Morgan fingerprint density at radius 2 is 1.53 bits per heavy atom. The summed E-state index contributed by atoms with van der Waals surface area (Å²) in [5, 5.41) is 19.6. The van der Waals surface area contributed by atoms with Crippen molar-refractivity contribution >= 4 is 23.4 Å². The summed E-state index contributed by atoms with van der Waals surface area (Å²) in [4.78, 5) is 4.33. The lowest BCUT2D eigenvalue weighted by molar-refractivity contribution is 0.879. The average molecular weight is 466 g/mol. The number of nitrogens with zero attached hydrogens (tertiary/aromatic N) is 5.